The molecule has 0 radical (unpaired) electrons. The molecule has 0 saturated heterocycles. The number of carboxylic acid groups (broad SMARTS) is 1. The molecule has 0 atom stereocenters. The van der Waals surface area contributed by atoms with Gasteiger partial charge in [-0.3, -0.25) is 4.99 Å². The van der Waals surface area contributed by atoms with E-state index in [9.17, 15) is 4.79 Å². The number of nitrogens with zero attached hydrogens (tertiary/aromatic N) is 1. The Morgan fingerprint density at radius 2 is 1.33 bits per heavy atom. The maximum atomic E-state index is 10.5. The number of carbonyl (C=O) groups is 1. The van der Waals surface area contributed by atoms with Gasteiger partial charge in [-0.05, 0) is 13.3 Å². The first-order chi connectivity index (χ1) is 8.68. The molecule has 3 heteroatoms. The summed E-state index contributed by atoms with van der Waals surface area (Å²) < 4.78 is 0. The second-order valence-electron chi connectivity index (χ2n) is 4.95. The lowest BCUT2D eigenvalue weighted by Gasteiger charge is -2.01. The highest BCUT2D eigenvalue weighted by Gasteiger charge is 1.99. The minimum Gasteiger partial charge on any atom is -0.477 e. The van der Waals surface area contributed by atoms with Gasteiger partial charge in [0.2, 0.25) is 0 Å². The van der Waals surface area contributed by atoms with Crippen LogP contribution in [0.1, 0.15) is 78.1 Å². The highest BCUT2D eigenvalue weighted by atomic mass is 16.4. The lowest BCUT2D eigenvalue weighted by Crippen LogP contribution is -2.08. The van der Waals surface area contributed by atoms with Gasteiger partial charge in [0.1, 0.15) is 5.71 Å². The molecule has 18 heavy (non-hydrogen) atoms. The van der Waals surface area contributed by atoms with Crippen molar-refractivity contribution >= 4 is 11.7 Å². The van der Waals surface area contributed by atoms with E-state index in [1.807, 2.05) is 0 Å². The summed E-state index contributed by atoms with van der Waals surface area (Å²) in [5.74, 6) is -0.901. The van der Waals surface area contributed by atoms with Crippen LogP contribution in [0.15, 0.2) is 4.99 Å². The fraction of sp³-hybridized carbons (Fsp3) is 0.867. The van der Waals surface area contributed by atoms with Gasteiger partial charge >= 0.3 is 5.97 Å². The van der Waals surface area contributed by atoms with E-state index in [1.54, 1.807) is 6.92 Å². The van der Waals surface area contributed by atoms with Crippen molar-refractivity contribution in [1.82, 2.24) is 0 Å². The lowest BCUT2D eigenvalue weighted by atomic mass is 10.1. The Balaban J connectivity index is 3.17. The van der Waals surface area contributed by atoms with Crippen LogP contribution in [0, 0.1) is 0 Å². The van der Waals surface area contributed by atoms with Crippen molar-refractivity contribution < 1.29 is 9.90 Å². The number of unbranched alkanes of at least 4 members (excludes halogenated alkanes) is 9. The molecule has 0 aromatic rings. The summed E-state index contributed by atoms with van der Waals surface area (Å²) in [7, 11) is 0. The summed E-state index contributed by atoms with van der Waals surface area (Å²) in [6.45, 7) is 4.46. The lowest BCUT2D eigenvalue weighted by molar-refractivity contribution is -0.129. The molecule has 0 aromatic carbocycles. The molecule has 1 N–H and O–H groups in total. The van der Waals surface area contributed by atoms with Gasteiger partial charge < -0.3 is 5.11 Å². The zero-order valence-electron chi connectivity index (χ0n) is 12.1. The van der Waals surface area contributed by atoms with Crippen molar-refractivity contribution in [3.05, 3.63) is 0 Å². The number of hydrogen-bond acceptors (Lipinski definition) is 2. The third kappa shape index (κ3) is 11.6. The minimum atomic E-state index is -0.901. The summed E-state index contributed by atoms with van der Waals surface area (Å²) in [6.07, 6.45) is 12.9. The van der Waals surface area contributed by atoms with E-state index in [-0.39, 0.29) is 5.71 Å². The van der Waals surface area contributed by atoms with E-state index < -0.39 is 5.97 Å². The van der Waals surface area contributed by atoms with Gasteiger partial charge in [-0.2, -0.15) is 0 Å². The maximum absolute atomic E-state index is 10.5. The first-order valence-electron chi connectivity index (χ1n) is 7.42. The number of aliphatic imine (C=N–C) groups is 1. The molecule has 0 rings (SSSR count). The van der Waals surface area contributed by atoms with Gasteiger partial charge in [0.25, 0.3) is 0 Å². The molecule has 0 aliphatic heterocycles. The molecule has 0 unspecified atom stereocenters. The molecule has 0 aromatic heterocycles. The molecule has 0 heterocycles. The maximum Gasteiger partial charge on any atom is 0.349 e. The Labute approximate surface area is 112 Å². The summed E-state index contributed by atoms with van der Waals surface area (Å²) >= 11 is 0. The second-order valence-corrected chi connectivity index (χ2v) is 4.95. The fourth-order valence-corrected chi connectivity index (χ4v) is 1.91. The minimum absolute atomic E-state index is 0.228. The zero-order chi connectivity index (χ0) is 13.6. The van der Waals surface area contributed by atoms with E-state index in [2.05, 4.69) is 11.9 Å². The van der Waals surface area contributed by atoms with Gasteiger partial charge in [-0.15, -0.1) is 0 Å². The predicted octanol–water partition coefficient (Wildman–Crippen LogP) is 4.45. The monoisotopic (exact) mass is 255 g/mol. The summed E-state index contributed by atoms with van der Waals surface area (Å²) in [5.41, 5.74) is 0.228. The average Bonchev–Trinajstić information content (AvgIpc) is 2.35. The molecule has 0 saturated carbocycles. The van der Waals surface area contributed by atoms with Crippen LogP contribution in [-0.2, 0) is 4.79 Å². The van der Waals surface area contributed by atoms with Gasteiger partial charge in [0.05, 0.1) is 0 Å². The van der Waals surface area contributed by atoms with Crippen molar-refractivity contribution in [3.63, 3.8) is 0 Å². The van der Waals surface area contributed by atoms with Crippen LogP contribution in [0.5, 0.6) is 0 Å². The fourth-order valence-electron chi connectivity index (χ4n) is 1.91. The van der Waals surface area contributed by atoms with Gasteiger partial charge in [-0.1, -0.05) is 64.7 Å². The van der Waals surface area contributed by atoms with Crippen molar-refractivity contribution in [2.45, 2.75) is 78.1 Å². The van der Waals surface area contributed by atoms with Crippen LogP contribution in [0.2, 0.25) is 0 Å². The molecule has 3 nitrogen and oxygen atoms in total. The van der Waals surface area contributed by atoms with Crippen LogP contribution >= 0.6 is 0 Å². The van der Waals surface area contributed by atoms with E-state index in [0.717, 1.165) is 6.42 Å². The van der Waals surface area contributed by atoms with Crippen molar-refractivity contribution in [2.24, 2.45) is 4.99 Å². The SMILES string of the molecule is CCCCCCCCCCCC/N=C(\C)C(=O)O. The standard InChI is InChI=1S/C15H29NO2/c1-3-4-5-6-7-8-9-10-11-12-13-16-14(2)15(17)18/h3-13H2,1-2H3,(H,17,18)/b16-14+. The molecule has 0 fully saturated rings. The highest BCUT2D eigenvalue weighted by Crippen LogP contribution is 2.10. The summed E-state index contributed by atoms with van der Waals surface area (Å²) in [6, 6.07) is 0. The van der Waals surface area contributed by atoms with Gasteiger partial charge in [0.15, 0.2) is 0 Å². The van der Waals surface area contributed by atoms with Crippen LogP contribution < -0.4 is 0 Å². The largest absolute Gasteiger partial charge is 0.477 e. The van der Waals surface area contributed by atoms with E-state index in [0.29, 0.717) is 6.54 Å². The molecule has 0 bridgehead atoms. The average molecular weight is 255 g/mol. The molecular weight excluding hydrogens is 226 g/mol. The molecule has 0 amide bonds. The highest BCUT2D eigenvalue weighted by molar-refractivity contribution is 6.34. The Morgan fingerprint density at radius 1 is 0.889 bits per heavy atom. The van der Waals surface area contributed by atoms with Crippen LogP contribution in [0.25, 0.3) is 0 Å². The Hall–Kier alpha value is -0.860. The quantitative estimate of drug-likeness (QED) is 0.413. The number of carboxylic acids is 1. The van der Waals surface area contributed by atoms with E-state index in [4.69, 9.17) is 5.11 Å². The number of rotatable bonds is 12. The van der Waals surface area contributed by atoms with Crippen LogP contribution in [0.4, 0.5) is 0 Å². The Bertz CT molecular complexity index is 237. The third-order valence-electron chi connectivity index (χ3n) is 3.17. The summed E-state index contributed by atoms with van der Waals surface area (Å²) in [5, 5.41) is 8.61. The molecule has 0 aliphatic rings. The van der Waals surface area contributed by atoms with Crippen molar-refractivity contribution in [1.29, 1.82) is 0 Å². The molecule has 106 valence electrons. The molecule has 0 spiro atoms. The predicted molar refractivity (Wildman–Crippen MR) is 77.5 cm³/mol. The normalized spacial score (nSPS) is 11.8. The van der Waals surface area contributed by atoms with E-state index in [1.165, 1.54) is 57.8 Å². The first kappa shape index (κ1) is 17.1. The van der Waals surface area contributed by atoms with Crippen LogP contribution in [0.3, 0.4) is 0 Å². The Morgan fingerprint density at radius 3 is 1.78 bits per heavy atom. The van der Waals surface area contributed by atoms with Crippen molar-refractivity contribution in [3.8, 4) is 0 Å². The summed E-state index contributed by atoms with van der Waals surface area (Å²) in [4.78, 5) is 14.5. The van der Waals surface area contributed by atoms with Crippen LogP contribution in [-0.4, -0.2) is 23.3 Å². The number of aliphatic carboxylic acids is 1. The zero-order valence-corrected chi connectivity index (χ0v) is 12.1. The Kier molecular flexibility index (Phi) is 12.0. The number of hydrogen-bond donors (Lipinski definition) is 1. The second kappa shape index (κ2) is 12.6. The smallest absolute Gasteiger partial charge is 0.349 e. The van der Waals surface area contributed by atoms with E-state index >= 15 is 0 Å². The van der Waals surface area contributed by atoms with Gasteiger partial charge in [0, 0.05) is 6.54 Å². The third-order valence-corrected chi connectivity index (χ3v) is 3.17. The topological polar surface area (TPSA) is 49.7 Å². The van der Waals surface area contributed by atoms with Crippen molar-refractivity contribution in [2.75, 3.05) is 6.54 Å². The molecular formula is C15H29NO2. The van der Waals surface area contributed by atoms with Gasteiger partial charge in [-0.25, -0.2) is 4.79 Å². The molecule has 0 aliphatic carbocycles. The first-order valence-corrected chi connectivity index (χ1v) is 7.42.